The van der Waals surface area contributed by atoms with Crippen LogP contribution in [0.1, 0.15) is 70.3 Å². The van der Waals surface area contributed by atoms with Gasteiger partial charge in [-0.1, -0.05) is 18.4 Å². The molecule has 0 amide bonds. The molecule has 1 aromatic carbocycles. The van der Waals surface area contributed by atoms with Crippen molar-refractivity contribution in [3.63, 3.8) is 0 Å². The smallest absolute Gasteiger partial charge is 0.156 e. The number of rotatable bonds is 2. The first-order valence-electron chi connectivity index (χ1n) is 13.7. The van der Waals surface area contributed by atoms with Gasteiger partial charge in [-0.3, -0.25) is 4.79 Å². The predicted molar refractivity (Wildman–Crippen MR) is 138 cm³/mol. The normalized spacial score (nSPS) is 35.3. The quantitative estimate of drug-likeness (QED) is 0.541. The van der Waals surface area contributed by atoms with Gasteiger partial charge in [-0.05, 0) is 86.6 Å². The minimum Gasteiger partial charge on any atom is -0.378 e. The van der Waals surface area contributed by atoms with E-state index in [0.29, 0.717) is 57.7 Å². The van der Waals surface area contributed by atoms with Gasteiger partial charge >= 0.3 is 0 Å². The van der Waals surface area contributed by atoms with Crippen LogP contribution in [-0.4, -0.2) is 42.8 Å². The molecule has 6 heteroatoms. The second-order valence-corrected chi connectivity index (χ2v) is 11.7. The van der Waals surface area contributed by atoms with Crippen molar-refractivity contribution in [1.82, 2.24) is 0 Å². The van der Waals surface area contributed by atoms with Crippen LogP contribution < -0.4 is 4.90 Å². The summed E-state index contributed by atoms with van der Waals surface area (Å²) in [7, 11) is 0. The highest BCUT2D eigenvalue weighted by Gasteiger charge is 2.63. The van der Waals surface area contributed by atoms with Crippen molar-refractivity contribution in [3.05, 3.63) is 52.1 Å². The number of carbonyl (C=O) groups excluding carboxylic acids is 1. The number of aliphatic hydroxyl groups is 1. The first-order chi connectivity index (χ1) is 17.8. The van der Waals surface area contributed by atoms with Crippen LogP contribution in [0.15, 0.2) is 34.9 Å². The van der Waals surface area contributed by atoms with E-state index in [0.717, 1.165) is 36.0 Å². The molecule has 3 fully saturated rings. The SMILES string of the molecule is CC#C[C@]1(O)CC[C@H]2[C@@H]3CCC4=CC(=O)CCC4=C3[C@@H](c3c(F)cc(N4CCOCC4)cc3F)C[C@@]21C. The van der Waals surface area contributed by atoms with Crippen LogP contribution >= 0.6 is 0 Å². The molecule has 1 aromatic rings. The van der Waals surface area contributed by atoms with Gasteiger partial charge in [-0.15, -0.1) is 5.92 Å². The van der Waals surface area contributed by atoms with E-state index in [9.17, 15) is 9.90 Å². The molecule has 196 valence electrons. The Hall–Kier alpha value is -2.49. The lowest BCUT2D eigenvalue weighted by atomic mass is 9.51. The number of halogens is 2. The number of ketones is 1. The van der Waals surface area contributed by atoms with E-state index >= 15 is 8.78 Å². The summed E-state index contributed by atoms with van der Waals surface area (Å²) in [6.07, 6.45) is 6.31. The molecule has 1 N–H and O–H groups in total. The molecule has 0 radical (unpaired) electrons. The number of carbonyl (C=O) groups is 1. The Labute approximate surface area is 217 Å². The number of hydrogen-bond acceptors (Lipinski definition) is 4. The Balaban J connectivity index is 1.51. The fourth-order valence-corrected chi connectivity index (χ4v) is 8.24. The van der Waals surface area contributed by atoms with Gasteiger partial charge in [0.25, 0.3) is 0 Å². The number of morpholine rings is 1. The van der Waals surface area contributed by atoms with Gasteiger partial charge in [-0.25, -0.2) is 8.78 Å². The van der Waals surface area contributed by atoms with Crippen molar-refractivity contribution in [1.29, 1.82) is 0 Å². The number of anilines is 1. The maximum Gasteiger partial charge on any atom is 0.156 e. The third kappa shape index (κ3) is 3.81. The number of fused-ring (bicyclic) bond motifs is 4. The Bertz CT molecular complexity index is 1240. The van der Waals surface area contributed by atoms with Crippen molar-refractivity contribution >= 4 is 11.5 Å². The summed E-state index contributed by atoms with van der Waals surface area (Å²) in [5, 5.41) is 11.8. The van der Waals surface area contributed by atoms with Crippen molar-refractivity contribution in [2.24, 2.45) is 17.3 Å². The first-order valence-corrected chi connectivity index (χ1v) is 13.7. The van der Waals surface area contributed by atoms with Gasteiger partial charge in [0, 0.05) is 42.1 Å². The van der Waals surface area contributed by atoms with Gasteiger partial charge < -0.3 is 14.7 Å². The third-order valence-corrected chi connectivity index (χ3v) is 10.0. The van der Waals surface area contributed by atoms with E-state index in [2.05, 4.69) is 18.8 Å². The summed E-state index contributed by atoms with van der Waals surface area (Å²) in [6.45, 7) is 6.10. The topological polar surface area (TPSA) is 49.8 Å². The standard InChI is InChI=1S/C31H35F2NO3/c1-3-9-31(36)10-8-25-23-6-4-19-15-21(35)5-7-22(19)28(23)24(18-30(25,31)2)29-26(32)16-20(17-27(29)33)34-11-13-37-14-12-34/h15-17,23-25,36H,4-8,10-14,18H2,1-2H3/t23-,24-,25-,30-,31-/m0/s1. The molecule has 2 saturated carbocycles. The predicted octanol–water partition coefficient (Wildman–Crippen LogP) is 5.46. The van der Waals surface area contributed by atoms with Crippen LogP contribution in [0.2, 0.25) is 0 Å². The molecule has 6 rings (SSSR count). The number of nitrogens with zero attached hydrogens (tertiary/aromatic N) is 1. The van der Waals surface area contributed by atoms with E-state index in [1.54, 1.807) is 13.0 Å². The van der Waals surface area contributed by atoms with E-state index in [1.165, 1.54) is 12.1 Å². The number of allylic oxidation sites excluding steroid dienone is 4. The average molecular weight is 508 g/mol. The molecule has 0 aromatic heterocycles. The monoisotopic (exact) mass is 507 g/mol. The van der Waals surface area contributed by atoms with Gasteiger partial charge in [0.2, 0.25) is 0 Å². The molecule has 1 heterocycles. The third-order valence-electron chi connectivity index (χ3n) is 10.0. The molecule has 5 atom stereocenters. The van der Waals surface area contributed by atoms with Crippen LogP contribution in [0, 0.1) is 40.7 Å². The van der Waals surface area contributed by atoms with Crippen LogP contribution in [0.5, 0.6) is 0 Å². The van der Waals surface area contributed by atoms with Crippen molar-refractivity contribution in [2.75, 3.05) is 31.2 Å². The molecule has 1 saturated heterocycles. The van der Waals surface area contributed by atoms with Gasteiger partial charge in [0.1, 0.15) is 17.2 Å². The summed E-state index contributed by atoms with van der Waals surface area (Å²) >= 11 is 0. The lowest BCUT2D eigenvalue weighted by Gasteiger charge is -2.53. The molecule has 4 nitrogen and oxygen atoms in total. The largest absolute Gasteiger partial charge is 0.378 e. The zero-order chi connectivity index (χ0) is 25.9. The lowest BCUT2D eigenvalue weighted by molar-refractivity contribution is -0.114. The number of hydrogen-bond donors (Lipinski definition) is 1. The lowest BCUT2D eigenvalue weighted by Crippen LogP contribution is -2.51. The van der Waals surface area contributed by atoms with Gasteiger partial charge in [0.15, 0.2) is 5.78 Å². The van der Waals surface area contributed by atoms with Crippen molar-refractivity contribution < 1.29 is 23.4 Å². The van der Waals surface area contributed by atoms with Crippen LogP contribution in [0.3, 0.4) is 0 Å². The minimum absolute atomic E-state index is 0.0982. The zero-order valence-corrected chi connectivity index (χ0v) is 21.7. The van der Waals surface area contributed by atoms with Crippen molar-refractivity contribution in [2.45, 2.75) is 70.3 Å². The molecule has 37 heavy (non-hydrogen) atoms. The van der Waals surface area contributed by atoms with Gasteiger partial charge in [0.05, 0.1) is 13.2 Å². The van der Waals surface area contributed by atoms with Crippen LogP contribution in [-0.2, 0) is 9.53 Å². The molecular weight excluding hydrogens is 472 g/mol. The zero-order valence-electron chi connectivity index (χ0n) is 21.7. The number of ether oxygens (including phenoxy) is 1. The summed E-state index contributed by atoms with van der Waals surface area (Å²) in [5.41, 5.74) is 2.17. The van der Waals surface area contributed by atoms with E-state index < -0.39 is 28.6 Å². The second kappa shape index (κ2) is 9.06. The molecule has 5 aliphatic rings. The minimum atomic E-state index is -1.18. The number of benzene rings is 1. The maximum atomic E-state index is 16.0. The summed E-state index contributed by atoms with van der Waals surface area (Å²) < 4.78 is 37.5. The molecule has 4 aliphatic carbocycles. The summed E-state index contributed by atoms with van der Waals surface area (Å²) in [5.74, 6) is 4.90. The average Bonchev–Trinajstić information content (AvgIpc) is 3.13. The van der Waals surface area contributed by atoms with Crippen LogP contribution in [0.25, 0.3) is 0 Å². The van der Waals surface area contributed by atoms with Crippen molar-refractivity contribution in [3.8, 4) is 11.8 Å². The Morgan fingerprint density at radius 2 is 1.84 bits per heavy atom. The van der Waals surface area contributed by atoms with E-state index in [1.807, 2.05) is 4.90 Å². The highest BCUT2D eigenvalue weighted by atomic mass is 19.1. The Kier molecular flexibility index (Phi) is 6.08. The van der Waals surface area contributed by atoms with Gasteiger partial charge in [-0.2, -0.15) is 0 Å². The maximum absolute atomic E-state index is 16.0. The fraction of sp³-hybridized carbons (Fsp3) is 0.581. The fourth-order valence-electron chi connectivity index (χ4n) is 8.24. The first kappa shape index (κ1) is 24.8. The highest BCUT2D eigenvalue weighted by molar-refractivity contribution is 5.93. The van der Waals surface area contributed by atoms with E-state index in [-0.39, 0.29) is 23.2 Å². The molecule has 0 bridgehead atoms. The molecule has 0 unspecified atom stereocenters. The Morgan fingerprint density at radius 1 is 1.11 bits per heavy atom. The Morgan fingerprint density at radius 3 is 2.54 bits per heavy atom. The summed E-state index contributed by atoms with van der Waals surface area (Å²) in [6, 6.07) is 2.93. The molecular formula is C31H35F2NO3. The summed E-state index contributed by atoms with van der Waals surface area (Å²) in [4.78, 5) is 14.2. The molecule has 0 spiro atoms. The van der Waals surface area contributed by atoms with Crippen LogP contribution in [0.4, 0.5) is 14.5 Å². The molecule has 1 aliphatic heterocycles. The highest BCUT2D eigenvalue weighted by Crippen LogP contribution is 2.67. The second-order valence-electron chi connectivity index (χ2n) is 11.7. The van der Waals surface area contributed by atoms with E-state index in [4.69, 9.17) is 4.74 Å².